The fourth-order valence-corrected chi connectivity index (χ4v) is 1.94. The average molecular weight is 262 g/mol. The van der Waals surface area contributed by atoms with Crippen LogP contribution < -0.4 is 5.32 Å². The van der Waals surface area contributed by atoms with E-state index in [9.17, 15) is 4.79 Å². The predicted molar refractivity (Wildman–Crippen MR) is 72.0 cm³/mol. The van der Waals surface area contributed by atoms with Crippen molar-refractivity contribution in [3.05, 3.63) is 24.0 Å². The molecule has 1 atom stereocenters. The van der Waals surface area contributed by atoms with Crippen molar-refractivity contribution in [2.75, 3.05) is 12.4 Å². The molecule has 102 valence electrons. The molecule has 2 aromatic heterocycles. The number of anilines is 1. The summed E-state index contributed by atoms with van der Waals surface area (Å²) >= 11 is 0. The zero-order valence-electron chi connectivity index (χ0n) is 11.5. The van der Waals surface area contributed by atoms with E-state index in [0.29, 0.717) is 0 Å². The van der Waals surface area contributed by atoms with Crippen LogP contribution in [0.2, 0.25) is 0 Å². The lowest BCUT2D eigenvalue weighted by Gasteiger charge is -2.21. The third kappa shape index (κ3) is 2.67. The van der Waals surface area contributed by atoms with E-state index in [1.165, 1.54) is 13.4 Å². The molecule has 0 amide bonds. The zero-order valence-corrected chi connectivity index (χ0v) is 11.5. The van der Waals surface area contributed by atoms with E-state index in [-0.39, 0.29) is 11.9 Å². The Hall–Kier alpha value is -2.11. The second kappa shape index (κ2) is 5.26. The fourth-order valence-electron chi connectivity index (χ4n) is 1.94. The lowest BCUT2D eigenvalue weighted by atomic mass is 10.0. The van der Waals surface area contributed by atoms with Crippen molar-refractivity contribution in [2.45, 2.75) is 26.8 Å². The van der Waals surface area contributed by atoms with Crippen LogP contribution in [0.1, 0.15) is 19.4 Å². The number of hydrogen-bond acceptors (Lipinski definition) is 5. The molecule has 19 heavy (non-hydrogen) atoms. The molecule has 0 spiro atoms. The second-order valence-corrected chi connectivity index (χ2v) is 4.84. The topological polar surface area (TPSA) is 68.5 Å². The van der Waals surface area contributed by atoms with Crippen molar-refractivity contribution >= 4 is 17.4 Å². The summed E-state index contributed by atoms with van der Waals surface area (Å²) in [5, 5.41) is 7.33. The van der Waals surface area contributed by atoms with Gasteiger partial charge in [0.05, 0.1) is 7.11 Å². The quantitative estimate of drug-likeness (QED) is 0.848. The maximum Gasteiger partial charge on any atom is 0.328 e. The van der Waals surface area contributed by atoms with Crippen molar-refractivity contribution in [2.24, 2.45) is 5.92 Å². The normalized spacial score (nSPS) is 12.7. The highest BCUT2D eigenvalue weighted by Gasteiger charge is 2.23. The summed E-state index contributed by atoms with van der Waals surface area (Å²) in [7, 11) is 1.39. The number of hydrogen-bond donors (Lipinski definition) is 1. The summed E-state index contributed by atoms with van der Waals surface area (Å²) in [6.45, 7) is 5.90. The average Bonchev–Trinajstić information content (AvgIpc) is 2.82. The molecule has 0 bridgehead atoms. The summed E-state index contributed by atoms with van der Waals surface area (Å²) in [5.41, 5.74) is 1.80. The van der Waals surface area contributed by atoms with Gasteiger partial charge in [-0.05, 0) is 30.5 Å². The van der Waals surface area contributed by atoms with Crippen molar-refractivity contribution in [1.82, 2.24) is 14.6 Å². The van der Waals surface area contributed by atoms with Gasteiger partial charge in [0, 0.05) is 0 Å². The minimum atomic E-state index is -0.417. The Labute approximate surface area is 111 Å². The van der Waals surface area contributed by atoms with Crippen LogP contribution in [-0.4, -0.2) is 33.7 Å². The van der Waals surface area contributed by atoms with E-state index < -0.39 is 6.04 Å². The Morgan fingerprint density at radius 1 is 1.42 bits per heavy atom. The smallest absolute Gasteiger partial charge is 0.328 e. The molecule has 0 fully saturated rings. The minimum Gasteiger partial charge on any atom is -0.467 e. The predicted octanol–water partition coefficient (Wildman–Crippen LogP) is 1.65. The summed E-state index contributed by atoms with van der Waals surface area (Å²) < 4.78 is 6.49. The van der Waals surface area contributed by atoms with Gasteiger partial charge in [-0.3, -0.25) is 0 Å². The van der Waals surface area contributed by atoms with Crippen LogP contribution in [0.15, 0.2) is 18.5 Å². The van der Waals surface area contributed by atoms with Crippen LogP contribution in [0.3, 0.4) is 0 Å². The molecule has 2 aromatic rings. The molecule has 0 radical (unpaired) electrons. The highest BCUT2D eigenvalue weighted by Crippen LogP contribution is 2.17. The first-order valence-corrected chi connectivity index (χ1v) is 6.17. The molecule has 0 aromatic carbocycles. The van der Waals surface area contributed by atoms with Gasteiger partial charge < -0.3 is 10.1 Å². The molecule has 0 aliphatic heterocycles. The maximum absolute atomic E-state index is 11.8. The van der Waals surface area contributed by atoms with Gasteiger partial charge in [-0.2, -0.15) is 9.61 Å². The molecule has 6 nitrogen and oxygen atoms in total. The van der Waals surface area contributed by atoms with Gasteiger partial charge in [0.2, 0.25) is 0 Å². The Kier molecular flexibility index (Phi) is 3.69. The Balaban J connectivity index is 2.38. The van der Waals surface area contributed by atoms with E-state index in [4.69, 9.17) is 4.74 Å². The molecule has 0 saturated heterocycles. The number of nitrogens with zero attached hydrogens (tertiary/aromatic N) is 3. The standard InChI is InChI=1S/C13H18N4O2/c1-8(2)12(13(18)19-4)16-11-6-9(3)5-10-14-7-15-17(10)11/h5-8,12,16H,1-4H3. The molecule has 0 saturated carbocycles. The van der Waals surface area contributed by atoms with Crippen LogP contribution in [0, 0.1) is 12.8 Å². The summed E-state index contributed by atoms with van der Waals surface area (Å²) in [6.07, 6.45) is 1.49. The molecule has 1 N–H and O–H groups in total. The molecule has 6 heteroatoms. The third-order valence-corrected chi connectivity index (χ3v) is 2.95. The van der Waals surface area contributed by atoms with Crippen LogP contribution in [0.4, 0.5) is 5.82 Å². The van der Waals surface area contributed by atoms with Crippen molar-refractivity contribution < 1.29 is 9.53 Å². The van der Waals surface area contributed by atoms with Gasteiger partial charge in [-0.15, -0.1) is 0 Å². The SMILES string of the molecule is COC(=O)C(Nc1cc(C)cc2ncnn12)C(C)C. The van der Waals surface area contributed by atoms with E-state index in [2.05, 4.69) is 15.4 Å². The van der Waals surface area contributed by atoms with Gasteiger partial charge >= 0.3 is 5.97 Å². The van der Waals surface area contributed by atoms with Gasteiger partial charge in [0.1, 0.15) is 18.2 Å². The zero-order chi connectivity index (χ0) is 14.0. The van der Waals surface area contributed by atoms with E-state index in [0.717, 1.165) is 17.0 Å². The molecule has 1 unspecified atom stereocenters. The molecule has 0 aliphatic carbocycles. The monoisotopic (exact) mass is 262 g/mol. The molecular weight excluding hydrogens is 244 g/mol. The molecule has 2 heterocycles. The molecule has 2 rings (SSSR count). The lowest BCUT2D eigenvalue weighted by molar-refractivity contribution is -0.142. The van der Waals surface area contributed by atoms with Crippen LogP contribution >= 0.6 is 0 Å². The second-order valence-electron chi connectivity index (χ2n) is 4.84. The number of rotatable bonds is 4. The number of methoxy groups -OCH3 is 1. The number of esters is 1. The van der Waals surface area contributed by atoms with Crippen LogP contribution in [-0.2, 0) is 9.53 Å². The molecule has 0 aliphatic rings. The van der Waals surface area contributed by atoms with E-state index >= 15 is 0 Å². The Morgan fingerprint density at radius 2 is 2.16 bits per heavy atom. The largest absolute Gasteiger partial charge is 0.467 e. The maximum atomic E-state index is 11.8. The van der Waals surface area contributed by atoms with E-state index in [1.54, 1.807) is 4.52 Å². The van der Waals surface area contributed by atoms with Gasteiger partial charge in [0.15, 0.2) is 5.65 Å². The number of carbonyl (C=O) groups excluding carboxylic acids is 1. The third-order valence-electron chi connectivity index (χ3n) is 2.95. The lowest BCUT2D eigenvalue weighted by Crippen LogP contribution is -2.36. The van der Waals surface area contributed by atoms with Crippen molar-refractivity contribution in [3.8, 4) is 0 Å². The number of carbonyl (C=O) groups is 1. The highest BCUT2D eigenvalue weighted by molar-refractivity contribution is 5.79. The van der Waals surface area contributed by atoms with Gasteiger partial charge in [-0.25, -0.2) is 9.78 Å². The van der Waals surface area contributed by atoms with Gasteiger partial charge in [-0.1, -0.05) is 13.8 Å². The van der Waals surface area contributed by atoms with Crippen LogP contribution in [0.25, 0.3) is 5.65 Å². The highest BCUT2D eigenvalue weighted by atomic mass is 16.5. The number of pyridine rings is 1. The molecular formula is C13H18N4O2. The summed E-state index contributed by atoms with van der Waals surface area (Å²) in [6, 6.07) is 3.44. The number of nitrogens with one attached hydrogen (secondary N) is 1. The minimum absolute atomic E-state index is 0.103. The Bertz CT molecular complexity index is 591. The summed E-state index contributed by atoms with van der Waals surface area (Å²) in [4.78, 5) is 15.9. The number of fused-ring (bicyclic) bond motifs is 1. The van der Waals surface area contributed by atoms with Crippen molar-refractivity contribution in [3.63, 3.8) is 0 Å². The van der Waals surface area contributed by atoms with E-state index in [1.807, 2.05) is 32.9 Å². The fraction of sp³-hybridized carbons (Fsp3) is 0.462. The van der Waals surface area contributed by atoms with Gasteiger partial charge in [0.25, 0.3) is 0 Å². The number of ether oxygens (including phenoxy) is 1. The first kappa shape index (κ1) is 13.3. The van der Waals surface area contributed by atoms with Crippen molar-refractivity contribution in [1.29, 1.82) is 0 Å². The Morgan fingerprint density at radius 3 is 2.79 bits per heavy atom. The van der Waals surface area contributed by atoms with Crippen LogP contribution in [0.5, 0.6) is 0 Å². The summed E-state index contributed by atoms with van der Waals surface area (Å²) in [5.74, 6) is 0.549. The number of aryl methyl sites for hydroxylation is 1. The first-order chi connectivity index (χ1) is 9.02. The number of aromatic nitrogens is 3. The first-order valence-electron chi connectivity index (χ1n) is 6.17.